The Labute approximate surface area is 124 Å². The van der Waals surface area contributed by atoms with Crippen LogP contribution in [0, 0.1) is 0 Å². The fourth-order valence-electron chi connectivity index (χ4n) is 2.89. The predicted molar refractivity (Wildman–Crippen MR) is 82.5 cm³/mol. The van der Waals surface area contributed by atoms with E-state index < -0.39 is 5.54 Å². The molecule has 1 aromatic heterocycles. The molecule has 2 atom stereocenters. The van der Waals surface area contributed by atoms with Gasteiger partial charge >= 0.3 is 0 Å². The van der Waals surface area contributed by atoms with Crippen LogP contribution in [-0.4, -0.2) is 27.7 Å². The lowest BCUT2D eigenvalue weighted by Gasteiger charge is -2.40. The standard InChI is InChI=1S/C15H23N3OS/c1-11(2)18-15(14(16)19)8-5-6-12(10-15)20-13-7-3-4-9-17-13/h3-4,7,9,11-12,18H,5-6,8,10H2,1-2H3,(H2,16,19). The monoisotopic (exact) mass is 293 g/mol. The van der Waals surface area contributed by atoms with Gasteiger partial charge in [-0.15, -0.1) is 11.8 Å². The predicted octanol–water partition coefficient (Wildman–Crippen LogP) is 2.34. The number of aromatic nitrogens is 1. The third-order valence-corrected chi connectivity index (χ3v) is 4.89. The summed E-state index contributed by atoms with van der Waals surface area (Å²) in [4.78, 5) is 16.3. The first-order valence-electron chi connectivity index (χ1n) is 7.17. The van der Waals surface area contributed by atoms with E-state index in [-0.39, 0.29) is 11.9 Å². The van der Waals surface area contributed by atoms with Crippen molar-refractivity contribution >= 4 is 17.7 Å². The summed E-state index contributed by atoms with van der Waals surface area (Å²) >= 11 is 1.75. The van der Waals surface area contributed by atoms with Crippen molar-refractivity contribution in [2.24, 2.45) is 5.73 Å². The lowest BCUT2D eigenvalue weighted by molar-refractivity contribution is -0.126. The van der Waals surface area contributed by atoms with E-state index in [4.69, 9.17) is 5.73 Å². The number of carbonyl (C=O) groups is 1. The summed E-state index contributed by atoms with van der Waals surface area (Å²) in [6.45, 7) is 4.11. The van der Waals surface area contributed by atoms with Crippen molar-refractivity contribution in [3.05, 3.63) is 24.4 Å². The number of rotatable bonds is 5. The Kier molecular flexibility index (Phi) is 5.05. The SMILES string of the molecule is CC(C)NC1(C(N)=O)CCCC(Sc2ccccn2)C1. The number of nitrogens with two attached hydrogens (primary N) is 1. The van der Waals surface area contributed by atoms with E-state index in [0.29, 0.717) is 5.25 Å². The molecule has 20 heavy (non-hydrogen) atoms. The second-order valence-corrected chi connectivity index (χ2v) is 7.07. The zero-order chi connectivity index (χ0) is 14.6. The molecule has 0 saturated heterocycles. The molecule has 1 saturated carbocycles. The molecule has 1 fully saturated rings. The average molecular weight is 293 g/mol. The van der Waals surface area contributed by atoms with Gasteiger partial charge in [0.2, 0.25) is 5.91 Å². The minimum atomic E-state index is -0.557. The largest absolute Gasteiger partial charge is 0.368 e. The maximum atomic E-state index is 11.9. The van der Waals surface area contributed by atoms with Crippen molar-refractivity contribution in [1.82, 2.24) is 10.3 Å². The lowest BCUT2D eigenvalue weighted by atomic mass is 9.80. The van der Waals surface area contributed by atoms with Gasteiger partial charge in [0.1, 0.15) is 0 Å². The summed E-state index contributed by atoms with van der Waals surface area (Å²) in [6, 6.07) is 6.17. The normalized spacial score (nSPS) is 26.6. The molecule has 1 aliphatic carbocycles. The Morgan fingerprint density at radius 3 is 2.95 bits per heavy atom. The van der Waals surface area contributed by atoms with Crippen molar-refractivity contribution < 1.29 is 4.79 Å². The van der Waals surface area contributed by atoms with Gasteiger partial charge in [0, 0.05) is 17.5 Å². The number of hydrogen-bond donors (Lipinski definition) is 2. The summed E-state index contributed by atoms with van der Waals surface area (Å²) in [6.07, 6.45) is 5.55. The van der Waals surface area contributed by atoms with Crippen LogP contribution in [0.2, 0.25) is 0 Å². The van der Waals surface area contributed by atoms with Crippen molar-refractivity contribution in [1.29, 1.82) is 0 Å². The molecule has 1 aliphatic rings. The number of amides is 1. The van der Waals surface area contributed by atoms with Crippen LogP contribution in [0.1, 0.15) is 39.5 Å². The Morgan fingerprint density at radius 2 is 2.35 bits per heavy atom. The van der Waals surface area contributed by atoms with Crippen molar-refractivity contribution in [2.75, 3.05) is 0 Å². The molecule has 5 heteroatoms. The smallest absolute Gasteiger partial charge is 0.237 e. The summed E-state index contributed by atoms with van der Waals surface area (Å²) in [5.41, 5.74) is 5.12. The van der Waals surface area contributed by atoms with Gasteiger partial charge in [0.15, 0.2) is 0 Å². The van der Waals surface area contributed by atoms with Crippen LogP contribution in [0.15, 0.2) is 29.4 Å². The van der Waals surface area contributed by atoms with Gasteiger partial charge in [-0.2, -0.15) is 0 Å². The highest BCUT2D eigenvalue weighted by molar-refractivity contribution is 7.99. The number of pyridine rings is 1. The summed E-state index contributed by atoms with van der Waals surface area (Å²) in [5.74, 6) is -0.225. The molecule has 2 unspecified atom stereocenters. The Bertz CT molecular complexity index is 452. The molecule has 2 rings (SSSR count). The van der Waals surface area contributed by atoms with Crippen molar-refractivity contribution in [3.8, 4) is 0 Å². The molecule has 0 radical (unpaired) electrons. The van der Waals surface area contributed by atoms with Gasteiger partial charge in [-0.3, -0.25) is 4.79 Å². The van der Waals surface area contributed by atoms with Gasteiger partial charge in [0.05, 0.1) is 10.6 Å². The van der Waals surface area contributed by atoms with Crippen LogP contribution in [0.5, 0.6) is 0 Å². The minimum Gasteiger partial charge on any atom is -0.368 e. The number of carbonyl (C=O) groups excluding carboxylic acids is 1. The molecule has 1 heterocycles. The van der Waals surface area contributed by atoms with E-state index in [1.54, 1.807) is 18.0 Å². The quantitative estimate of drug-likeness (QED) is 0.874. The zero-order valence-electron chi connectivity index (χ0n) is 12.1. The zero-order valence-corrected chi connectivity index (χ0v) is 13.0. The number of nitrogens with zero attached hydrogens (tertiary/aromatic N) is 1. The molecule has 0 aliphatic heterocycles. The molecule has 0 spiro atoms. The molecule has 0 bridgehead atoms. The number of hydrogen-bond acceptors (Lipinski definition) is 4. The average Bonchev–Trinajstić information content (AvgIpc) is 2.39. The molecule has 4 nitrogen and oxygen atoms in total. The highest BCUT2D eigenvalue weighted by Gasteiger charge is 2.41. The Morgan fingerprint density at radius 1 is 1.55 bits per heavy atom. The summed E-state index contributed by atoms with van der Waals surface area (Å²) in [5, 5.41) is 4.80. The molecule has 3 N–H and O–H groups in total. The minimum absolute atomic E-state index is 0.225. The Hall–Kier alpha value is -1.07. The van der Waals surface area contributed by atoms with Crippen molar-refractivity contribution in [2.45, 2.75) is 61.4 Å². The number of primary amides is 1. The van der Waals surface area contributed by atoms with E-state index in [2.05, 4.69) is 24.1 Å². The fourth-order valence-corrected chi connectivity index (χ4v) is 4.16. The van der Waals surface area contributed by atoms with Crippen LogP contribution < -0.4 is 11.1 Å². The fraction of sp³-hybridized carbons (Fsp3) is 0.600. The summed E-state index contributed by atoms with van der Waals surface area (Å²) in [7, 11) is 0. The molecular weight excluding hydrogens is 270 g/mol. The third kappa shape index (κ3) is 3.73. The van der Waals surface area contributed by atoms with Crippen molar-refractivity contribution in [3.63, 3.8) is 0 Å². The first-order valence-corrected chi connectivity index (χ1v) is 8.05. The maximum Gasteiger partial charge on any atom is 0.237 e. The van der Waals surface area contributed by atoms with E-state index in [1.165, 1.54) is 0 Å². The van der Waals surface area contributed by atoms with Gasteiger partial charge < -0.3 is 11.1 Å². The van der Waals surface area contributed by atoms with Gasteiger partial charge in [-0.05, 0) is 51.7 Å². The van der Waals surface area contributed by atoms with Crippen LogP contribution in [0.25, 0.3) is 0 Å². The Balaban J connectivity index is 2.08. The molecule has 110 valence electrons. The molecule has 0 aromatic carbocycles. The van der Waals surface area contributed by atoms with Crippen LogP contribution in [-0.2, 0) is 4.79 Å². The van der Waals surface area contributed by atoms with Gasteiger partial charge in [-0.25, -0.2) is 4.98 Å². The van der Waals surface area contributed by atoms with E-state index >= 15 is 0 Å². The maximum absolute atomic E-state index is 11.9. The van der Waals surface area contributed by atoms with Gasteiger partial charge in [0.25, 0.3) is 0 Å². The van der Waals surface area contributed by atoms with Crippen LogP contribution in [0.3, 0.4) is 0 Å². The van der Waals surface area contributed by atoms with E-state index in [0.717, 1.165) is 30.7 Å². The molecule has 1 aromatic rings. The van der Waals surface area contributed by atoms with E-state index in [1.807, 2.05) is 18.2 Å². The number of thioether (sulfide) groups is 1. The third-order valence-electron chi connectivity index (χ3n) is 3.67. The van der Waals surface area contributed by atoms with Crippen LogP contribution >= 0.6 is 11.8 Å². The highest BCUT2D eigenvalue weighted by Crippen LogP contribution is 2.37. The second kappa shape index (κ2) is 6.59. The topological polar surface area (TPSA) is 68.0 Å². The van der Waals surface area contributed by atoms with E-state index in [9.17, 15) is 4.79 Å². The highest BCUT2D eigenvalue weighted by atomic mass is 32.2. The first-order chi connectivity index (χ1) is 9.52. The molecular formula is C15H23N3OS. The number of nitrogens with one attached hydrogen (secondary N) is 1. The second-order valence-electron chi connectivity index (χ2n) is 5.75. The van der Waals surface area contributed by atoms with Crippen LogP contribution in [0.4, 0.5) is 0 Å². The first kappa shape index (κ1) is 15.3. The molecule has 1 amide bonds. The lowest BCUT2D eigenvalue weighted by Crippen LogP contribution is -2.60. The van der Waals surface area contributed by atoms with Gasteiger partial charge in [-0.1, -0.05) is 6.07 Å². The summed E-state index contributed by atoms with van der Waals surface area (Å²) < 4.78 is 0.